The average molecular weight is 330 g/mol. The van der Waals surface area contributed by atoms with Crippen LogP contribution >= 0.6 is 23.2 Å². The van der Waals surface area contributed by atoms with Crippen LogP contribution in [-0.2, 0) is 6.42 Å². The topological polar surface area (TPSA) is 12.0 Å². The van der Waals surface area contributed by atoms with Gasteiger partial charge in [0.15, 0.2) is 0 Å². The molecule has 112 valence electrons. The molecule has 0 saturated carbocycles. The summed E-state index contributed by atoms with van der Waals surface area (Å²) in [6, 6.07) is 8.46. The van der Waals surface area contributed by atoms with Gasteiger partial charge in [-0.1, -0.05) is 36.2 Å². The lowest BCUT2D eigenvalue weighted by Crippen LogP contribution is -2.23. The average Bonchev–Trinajstić information content (AvgIpc) is 2.42. The molecule has 0 bridgehead atoms. The summed E-state index contributed by atoms with van der Waals surface area (Å²) in [7, 11) is 0. The predicted octanol–water partition coefficient (Wildman–Crippen LogP) is 5.16. The summed E-state index contributed by atoms with van der Waals surface area (Å²) in [4.78, 5) is 0. The van der Waals surface area contributed by atoms with Crippen LogP contribution in [0.4, 0.5) is 8.78 Å². The van der Waals surface area contributed by atoms with Crippen LogP contribution in [0.5, 0.6) is 0 Å². The van der Waals surface area contributed by atoms with Gasteiger partial charge in [-0.3, -0.25) is 0 Å². The summed E-state index contributed by atoms with van der Waals surface area (Å²) < 4.78 is 27.0. The summed E-state index contributed by atoms with van der Waals surface area (Å²) in [6.45, 7) is 2.62. The lowest BCUT2D eigenvalue weighted by atomic mass is 9.98. The van der Waals surface area contributed by atoms with Crippen LogP contribution < -0.4 is 5.32 Å². The van der Waals surface area contributed by atoms with Gasteiger partial charge in [0, 0.05) is 16.1 Å². The highest BCUT2D eigenvalue weighted by molar-refractivity contribution is 6.31. The van der Waals surface area contributed by atoms with Gasteiger partial charge < -0.3 is 5.32 Å². The summed E-state index contributed by atoms with van der Waals surface area (Å²) in [5.74, 6) is -0.714. The van der Waals surface area contributed by atoms with E-state index in [1.54, 1.807) is 12.1 Å². The summed E-state index contributed by atoms with van der Waals surface area (Å²) in [5.41, 5.74) is 1.23. The van der Waals surface area contributed by atoms with Crippen molar-refractivity contribution in [3.8, 4) is 0 Å². The van der Waals surface area contributed by atoms with Gasteiger partial charge in [-0.05, 0) is 54.4 Å². The second-order valence-corrected chi connectivity index (χ2v) is 5.56. The zero-order chi connectivity index (χ0) is 15.4. The molecular formula is C16H15Cl2F2N. The van der Waals surface area contributed by atoms with E-state index in [-0.39, 0.29) is 11.9 Å². The van der Waals surface area contributed by atoms with Crippen LogP contribution in [0.2, 0.25) is 10.0 Å². The molecule has 21 heavy (non-hydrogen) atoms. The van der Waals surface area contributed by atoms with Gasteiger partial charge in [0.05, 0.1) is 0 Å². The highest BCUT2D eigenvalue weighted by Gasteiger charge is 2.17. The second-order valence-electron chi connectivity index (χ2n) is 4.72. The molecule has 2 rings (SSSR count). The Kier molecular flexibility index (Phi) is 5.57. The molecule has 0 saturated heterocycles. The van der Waals surface area contributed by atoms with Crippen molar-refractivity contribution in [1.82, 2.24) is 5.32 Å². The molecule has 0 aromatic heterocycles. The number of halogens is 4. The fourth-order valence-electron chi connectivity index (χ4n) is 2.24. The summed E-state index contributed by atoms with van der Waals surface area (Å²) in [5, 5.41) is 4.04. The van der Waals surface area contributed by atoms with E-state index < -0.39 is 5.82 Å². The van der Waals surface area contributed by atoms with Crippen LogP contribution in [0.25, 0.3) is 0 Å². The lowest BCUT2D eigenvalue weighted by molar-refractivity contribution is 0.526. The number of hydrogen-bond acceptors (Lipinski definition) is 1. The molecule has 0 fully saturated rings. The van der Waals surface area contributed by atoms with Crippen molar-refractivity contribution >= 4 is 23.2 Å². The van der Waals surface area contributed by atoms with Crippen LogP contribution in [-0.4, -0.2) is 6.54 Å². The zero-order valence-corrected chi connectivity index (χ0v) is 13.0. The number of nitrogens with one attached hydrogen (secondary N) is 1. The normalized spacial score (nSPS) is 12.4. The van der Waals surface area contributed by atoms with E-state index in [1.807, 2.05) is 6.92 Å². The molecule has 2 aromatic rings. The SMILES string of the molecule is CCNC(Cc1cc(Cl)ccc1F)c1ccc(F)cc1Cl. The van der Waals surface area contributed by atoms with E-state index in [2.05, 4.69) is 5.32 Å². The Labute approximate surface area is 132 Å². The molecule has 1 N–H and O–H groups in total. The lowest BCUT2D eigenvalue weighted by Gasteiger charge is -2.20. The zero-order valence-electron chi connectivity index (χ0n) is 11.5. The van der Waals surface area contributed by atoms with Crippen molar-refractivity contribution in [1.29, 1.82) is 0 Å². The monoisotopic (exact) mass is 329 g/mol. The molecule has 0 aliphatic rings. The first-order valence-corrected chi connectivity index (χ1v) is 7.39. The molecule has 0 radical (unpaired) electrons. The molecule has 2 aromatic carbocycles. The van der Waals surface area contributed by atoms with Crippen molar-refractivity contribution in [2.24, 2.45) is 0 Å². The van der Waals surface area contributed by atoms with Crippen molar-refractivity contribution < 1.29 is 8.78 Å². The largest absolute Gasteiger partial charge is 0.310 e. The number of hydrogen-bond donors (Lipinski definition) is 1. The van der Waals surface area contributed by atoms with E-state index in [1.165, 1.54) is 24.3 Å². The Morgan fingerprint density at radius 3 is 2.52 bits per heavy atom. The fourth-order valence-corrected chi connectivity index (χ4v) is 2.74. The molecule has 0 heterocycles. The molecule has 1 nitrogen and oxygen atoms in total. The van der Waals surface area contributed by atoms with E-state index in [9.17, 15) is 8.78 Å². The maximum absolute atomic E-state index is 13.9. The summed E-state index contributed by atoms with van der Waals surface area (Å²) in [6.07, 6.45) is 0.381. The van der Waals surface area contributed by atoms with Gasteiger partial charge in [-0.2, -0.15) is 0 Å². The second kappa shape index (κ2) is 7.21. The standard InChI is InChI=1S/C16H15Cl2F2N/c1-2-21-16(13-5-4-12(19)9-14(13)18)8-10-7-11(17)3-6-15(10)20/h3-7,9,16,21H,2,8H2,1H3. The molecule has 5 heteroatoms. The maximum atomic E-state index is 13.9. The predicted molar refractivity (Wildman–Crippen MR) is 82.9 cm³/mol. The Hall–Kier alpha value is -1.16. The third-order valence-corrected chi connectivity index (χ3v) is 3.78. The minimum absolute atomic E-state index is 0.212. The van der Waals surface area contributed by atoms with Gasteiger partial charge >= 0.3 is 0 Å². The minimum atomic E-state index is -0.395. The molecule has 0 aliphatic heterocycles. The van der Waals surface area contributed by atoms with Gasteiger partial charge in [-0.15, -0.1) is 0 Å². The number of likely N-dealkylation sites (N-methyl/N-ethyl adjacent to an activating group) is 1. The van der Waals surface area contributed by atoms with E-state index >= 15 is 0 Å². The highest BCUT2D eigenvalue weighted by atomic mass is 35.5. The van der Waals surface area contributed by atoms with Crippen molar-refractivity contribution in [2.75, 3.05) is 6.54 Å². The fraction of sp³-hybridized carbons (Fsp3) is 0.250. The van der Waals surface area contributed by atoms with E-state index in [4.69, 9.17) is 23.2 Å². The number of benzene rings is 2. The van der Waals surface area contributed by atoms with E-state index in [0.717, 1.165) is 5.56 Å². The quantitative estimate of drug-likeness (QED) is 0.798. The van der Waals surface area contributed by atoms with Crippen LogP contribution in [0, 0.1) is 11.6 Å². The van der Waals surface area contributed by atoms with Crippen molar-refractivity contribution in [3.63, 3.8) is 0 Å². The Morgan fingerprint density at radius 2 is 1.86 bits per heavy atom. The molecule has 0 amide bonds. The molecule has 0 aliphatic carbocycles. The smallest absolute Gasteiger partial charge is 0.126 e. The van der Waals surface area contributed by atoms with Crippen LogP contribution in [0.3, 0.4) is 0 Å². The first kappa shape index (κ1) is 16.2. The third-order valence-electron chi connectivity index (χ3n) is 3.22. The number of rotatable bonds is 5. The van der Waals surface area contributed by atoms with Crippen molar-refractivity contribution in [3.05, 3.63) is 69.2 Å². The van der Waals surface area contributed by atoms with Gasteiger partial charge in [0.1, 0.15) is 11.6 Å². The molecule has 1 unspecified atom stereocenters. The highest BCUT2D eigenvalue weighted by Crippen LogP contribution is 2.28. The first-order chi connectivity index (χ1) is 10.0. The van der Waals surface area contributed by atoms with Gasteiger partial charge in [0.25, 0.3) is 0 Å². The Bertz CT molecular complexity index is 632. The van der Waals surface area contributed by atoms with Gasteiger partial charge in [-0.25, -0.2) is 8.78 Å². The molecule has 0 spiro atoms. The maximum Gasteiger partial charge on any atom is 0.126 e. The Balaban J connectivity index is 2.32. The third kappa shape index (κ3) is 4.16. The molecule has 1 atom stereocenters. The summed E-state index contributed by atoms with van der Waals surface area (Å²) >= 11 is 12.0. The van der Waals surface area contributed by atoms with Crippen LogP contribution in [0.1, 0.15) is 24.1 Å². The minimum Gasteiger partial charge on any atom is -0.310 e. The van der Waals surface area contributed by atoms with Crippen LogP contribution in [0.15, 0.2) is 36.4 Å². The van der Waals surface area contributed by atoms with Crippen molar-refractivity contribution in [2.45, 2.75) is 19.4 Å². The Morgan fingerprint density at radius 1 is 1.10 bits per heavy atom. The first-order valence-electron chi connectivity index (χ1n) is 6.63. The van der Waals surface area contributed by atoms with E-state index in [0.29, 0.717) is 28.6 Å². The van der Waals surface area contributed by atoms with Gasteiger partial charge in [0.2, 0.25) is 0 Å². The molecular weight excluding hydrogens is 315 g/mol.